The van der Waals surface area contributed by atoms with Crippen molar-refractivity contribution in [2.75, 3.05) is 31.5 Å². The van der Waals surface area contributed by atoms with Crippen molar-refractivity contribution in [1.82, 2.24) is 29.5 Å². The largest absolute Gasteiger partial charge is 0.322 e. The predicted molar refractivity (Wildman–Crippen MR) is 104 cm³/mol. The number of pyridine rings is 1. The minimum absolute atomic E-state index is 0.111. The van der Waals surface area contributed by atoms with Crippen LogP contribution in [0.5, 0.6) is 0 Å². The molecule has 3 aromatic rings. The molecule has 4 rings (SSSR count). The highest BCUT2D eigenvalue weighted by molar-refractivity contribution is 7.09. The molecule has 9 heteroatoms. The van der Waals surface area contributed by atoms with Gasteiger partial charge in [-0.05, 0) is 25.1 Å². The van der Waals surface area contributed by atoms with Crippen molar-refractivity contribution < 1.29 is 4.79 Å². The third kappa shape index (κ3) is 4.15. The molecule has 0 radical (unpaired) electrons. The molecule has 0 spiro atoms. The van der Waals surface area contributed by atoms with Crippen molar-refractivity contribution in [2.24, 2.45) is 0 Å². The van der Waals surface area contributed by atoms with Gasteiger partial charge in [0.2, 0.25) is 0 Å². The number of hydrogen-bond acceptors (Lipinski definition) is 6. The lowest BCUT2D eigenvalue weighted by Gasteiger charge is -2.34. The molecule has 8 nitrogen and oxygen atoms in total. The molecule has 0 unspecified atom stereocenters. The highest BCUT2D eigenvalue weighted by Crippen LogP contribution is 2.18. The minimum atomic E-state index is -0.111. The summed E-state index contributed by atoms with van der Waals surface area (Å²) in [6, 6.07) is 5.35. The Labute approximate surface area is 161 Å². The van der Waals surface area contributed by atoms with Crippen LogP contribution in [0.1, 0.15) is 10.7 Å². The summed E-state index contributed by atoms with van der Waals surface area (Å²) < 4.78 is 1.64. The van der Waals surface area contributed by atoms with Gasteiger partial charge >= 0.3 is 6.03 Å². The maximum atomic E-state index is 12.7. The zero-order chi connectivity index (χ0) is 18.6. The van der Waals surface area contributed by atoms with Gasteiger partial charge in [0, 0.05) is 56.7 Å². The van der Waals surface area contributed by atoms with Crippen LogP contribution in [0.3, 0.4) is 0 Å². The van der Waals surface area contributed by atoms with Crippen LogP contribution >= 0.6 is 11.3 Å². The second-order valence-corrected chi connectivity index (χ2v) is 7.44. The van der Waals surface area contributed by atoms with E-state index in [2.05, 4.69) is 30.7 Å². The third-order valence-electron chi connectivity index (χ3n) is 4.46. The van der Waals surface area contributed by atoms with Gasteiger partial charge in [0.15, 0.2) is 5.82 Å². The summed E-state index contributed by atoms with van der Waals surface area (Å²) in [6.45, 7) is 5.91. The van der Waals surface area contributed by atoms with E-state index in [0.717, 1.165) is 30.3 Å². The lowest BCUT2D eigenvalue weighted by molar-refractivity contribution is 0.142. The molecule has 1 fully saturated rings. The summed E-state index contributed by atoms with van der Waals surface area (Å²) in [5.74, 6) is 0.605. The molecule has 1 aliphatic rings. The van der Waals surface area contributed by atoms with Crippen molar-refractivity contribution in [3.63, 3.8) is 0 Å². The van der Waals surface area contributed by atoms with E-state index < -0.39 is 0 Å². The fraction of sp³-hybridized carbons (Fsp3) is 0.333. The molecule has 27 heavy (non-hydrogen) atoms. The fourth-order valence-electron chi connectivity index (χ4n) is 3.08. The average molecular weight is 383 g/mol. The maximum absolute atomic E-state index is 12.7. The van der Waals surface area contributed by atoms with Gasteiger partial charge in [0.1, 0.15) is 0 Å². The Kier molecular flexibility index (Phi) is 5.12. The van der Waals surface area contributed by atoms with E-state index in [9.17, 15) is 4.79 Å². The van der Waals surface area contributed by atoms with Crippen LogP contribution in [-0.2, 0) is 6.54 Å². The van der Waals surface area contributed by atoms with Crippen molar-refractivity contribution in [3.8, 4) is 5.82 Å². The van der Waals surface area contributed by atoms with Gasteiger partial charge in [0.25, 0.3) is 0 Å². The first kappa shape index (κ1) is 17.6. The summed E-state index contributed by atoms with van der Waals surface area (Å²) in [5, 5.41) is 10.4. The number of piperazine rings is 1. The van der Waals surface area contributed by atoms with Gasteiger partial charge in [-0.1, -0.05) is 0 Å². The standard InChI is InChI=1S/C18H21N7OS/c1-14-21-15(13-27-14)12-23-8-10-24(11-9-23)18(26)22-16-4-2-5-19-17(16)25-7-3-6-20-25/h2-7,13H,8-12H2,1H3,(H,22,26). The Balaban J connectivity index is 1.35. The first-order valence-electron chi connectivity index (χ1n) is 8.83. The Hall–Kier alpha value is -2.78. The molecule has 0 bridgehead atoms. The summed E-state index contributed by atoms with van der Waals surface area (Å²) in [6.07, 6.45) is 5.17. The van der Waals surface area contributed by atoms with E-state index in [0.29, 0.717) is 24.6 Å². The van der Waals surface area contributed by atoms with Crippen molar-refractivity contribution in [2.45, 2.75) is 13.5 Å². The number of thiazole rings is 1. The molecule has 0 atom stereocenters. The predicted octanol–water partition coefficient (Wildman–Crippen LogP) is 2.38. The van der Waals surface area contributed by atoms with Gasteiger partial charge in [-0.15, -0.1) is 11.3 Å². The van der Waals surface area contributed by atoms with Gasteiger partial charge in [-0.25, -0.2) is 19.4 Å². The highest BCUT2D eigenvalue weighted by Gasteiger charge is 2.22. The van der Waals surface area contributed by atoms with Crippen LogP contribution < -0.4 is 5.32 Å². The highest BCUT2D eigenvalue weighted by atomic mass is 32.1. The Morgan fingerprint density at radius 1 is 1.22 bits per heavy atom. The minimum Gasteiger partial charge on any atom is -0.322 e. The molecular weight excluding hydrogens is 362 g/mol. The van der Waals surface area contributed by atoms with Gasteiger partial charge < -0.3 is 10.2 Å². The maximum Gasteiger partial charge on any atom is 0.322 e. The smallest absolute Gasteiger partial charge is 0.322 e. The van der Waals surface area contributed by atoms with Gasteiger partial charge in [-0.2, -0.15) is 5.10 Å². The third-order valence-corrected chi connectivity index (χ3v) is 5.28. The van der Waals surface area contributed by atoms with E-state index >= 15 is 0 Å². The first-order valence-corrected chi connectivity index (χ1v) is 9.71. The molecule has 0 aromatic carbocycles. The number of aromatic nitrogens is 4. The summed E-state index contributed by atoms with van der Waals surface area (Å²) in [5.41, 5.74) is 1.75. The first-order chi connectivity index (χ1) is 13.2. The molecule has 4 heterocycles. The zero-order valence-electron chi connectivity index (χ0n) is 15.1. The number of amides is 2. The van der Waals surface area contributed by atoms with Crippen molar-refractivity contribution in [1.29, 1.82) is 0 Å². The number of anilines is 1. The summed E-state index contributed by atoms with van der Waals surface area (Å²) >= 11 is 1.67. The van der Waals surface area contributed by atoms with Crippen molar-refractivity contribution in [3.05, 3.63) is 52.9 Å². The van der Waals surface area contributed by atoms with Gasteiger partial charge in [0.05, 0.1) is 16.4 Å². The van der Waals surface area contributed by atoms with E-state index in [1.807, 2.05) is 24.0 Å². The van der Waals surface area contributed by atoms with Crippen LogP contribution in [0, 0.1) is 6.92 Å². The lowest BCUT2D eigenvalue weighted by atomic mass is 10.3. The zero-order valence-corrected chi connectivity index (χ0v) is 15.9. The second kappa shape index (κ2) is 7.85. The number of carbonyl (C=O) groups is 1. The number of rotatable bonds is 4. The molecule has 2 amide bonds. The molecule has 0 aliphatic carbocycles. The number of urea groups is 1. The number of nitrogens with zero attached hydrogens (tertiary/aromatic N) is 6. The monoisotopic (exact) mass is 383 g/mol. The van der Waals surface area contributed by atoms with Crippen LogP contribution in [-0.4, -0.2) is 61.8 Å². The van der Waals surface area contributed by atoms with Crippen LogP contribution in [0.4, 0.5) is 10.5 Å². The Morgan fingerprint density at radius 3 is 2.78 bits per heavy atom. The molecule has 0 saturated carbocycles. The molecule has 140 valence electrons. The van der Waals surface area contributed by atoms with E-state index in [1.54, 1.807) is 40.7 Å². The van der Waals surface area contributed by atoms with Crippen LogP contribution in [0.2, 0.25) is 0 Å². The number of hydrogen-bond donors (Lipinski definition) is 1. The Bertz CT molecular complexity index is 900. The lowest BCUT2D eigenvalue weighted by Crippen LogP contribution is -2.49. The van der Waals surface area contributed by atoms with Crippen LogP contribution in [0.25, 0.3) is 5.82 Å². The quantitative estimate of drug-likeness (QED) is 0.748. The van der Waals surface area contributed by atoms with E-state index in [4.69, 9.17) is 0 Å². The number of carbonyl (C=O) groups excluding carboxylic acids is 1. The Morgan fingerprint density at radius 2 is 2.07 bits per heavy atom. The van der Waals surface area contributed by atoms with Gasteiger partial charge in [-0.3, -0.25) is 4.90 Å². The molecule has 3 aromatic heterocycles. The normalized spacial score (nSPS) is 15.1. The second-order valence-electron chi connectivity index (χ2n) is 6.38. The molecule has 1 N–H and O–H groups in total. The number of aryl methyl sites for hydroxylation is 1. The van der Waals surface area contributed by atoms with Crippen molar-refractivity contribution >= 4 is 23.1 Å². The van der Waals surface area contributed by atoms with Crippen LogP contribution in [0.15, 0.2) is 42.2 Å². The SMILES string of the molecule is Cc1nc(CN2CCN(C(=O)Nc3cccnc3-n3cccn3)CC2)cs1. The average Bonchev–Trinajstić information content (AvgIpc) is 3.35. The molecular formula is C18H21N7OS. The van der Waals surface area contributed by atoms with E-state index in [1.165, 1.54) is 0 Å². The van der Waals surface area contributed by atoms with E-state index in [-0.39, 0.29) is 6.03 Å². The fourth-order valence-corrected chi connectivity index (χ4v) is 3.69. The molecule has 1 saturated heterocycles. The molecule has 1 aliphatic heterocycles. The number of nitrogens with one attached hydrogen (secondary N) is 1. The topological polar surface area (TPSA) is 79.2 Å². The summed E-state index contributed by atoms with van der Waals surface area (Å²) in [4.78, 5) is 25.7. The summed E-state index contributed by atoms with van der Waals surface area (Å²) in [7, 11) is 0.